The van der Waals surface area contributed by atoms with Gasteiger partial charge in [0.05, 0.1) is 5.69 Å². The van der Waals surface area contributed by atoms with Crippen LogP contribution < -0.4 is 5.32 Å². The van der Waals surface area contributed by atoms with E-state index in [0.717, 1.165) is 24.1 Å². The number of aromatic nitrogens is 2. The number of nitriles is 1. The first-order valence-corrected chi connectivity index (χ1v) is 6.20. The molecule has 1 aliphatic rings. The van der Waals surface area contributed by atoms with Gasteiger partial charge in [0.1, 0.15) is 11.6 Å². The van der Waals surface area contributed by atoms with E-state index in [2.05, 4.69) is 40.6 Å². The van der Waals surface area contributed by atoms with Crippen molar-refractivity contribution in [2.24, 2.45) is 0 Å². The van der Waals surface area contributed by atoms with Crippen molar-refractivity contribution in [2.75, 3.05) is 19.4 Å². The van der Waals surface area contributed by atoms with Crippen molar-refractivity contribution in [1.29, 1.82) is 5.26 Å². The highest BCUT2D eigenvalue weighted by Crippen LogP contribution is 2.28. The molecule has 0 spiro atoms. The Hall–Kier alpha value is -1.67. The lowest BCUT2D eigenvalue weighted by atomic mass is 9.86. The predicted octanol–water partition coefficient (Wildman–Crippen LogP) is 1.47. The molecule has 2 rings (SSSR count). The number of nitrogens with zero attached hydrogens (tertiary/aromatic N) is 4. The van der Waals surface area contributed by atoms with Crippen LogP contribution in [0.2, 0.25) is 0 Å². The maximum Gasteiger partial charge on any atom is 0.167 e. The number of anilines is 1. The third-order valence-corrected chi connectivity index (χ3v) is 3.75. The summed E-state index contributed by atoms with van der Waals surface area (Å²) in [5.74, 6) is 0.628. The van der Waals surface area contributed by atoms with Crippen LogP contribution in [0, 0.1) is 25.2 Å². The SMILES string of the molecule is Cc1nnc(NC2CC(N(C)C)C2)c(C#N)c1C. The average molecular weight is 245 g/mol. The smallest absolute Gasteiger partial charge is 0.167 e. The largest absolute Gasteiger partial charge is 0.365 e. The molecule has 1 saturated carbocycles. The summed E-state index contributed by atoms with van der Waals surface area (Å²) < 4.78 is 0. The summed E-state index contributed by atoms with van der Waals surface area (Å²) in [5, 5.41) is 20.7. The van der Waals surface area contributed by atoms with Crippen molar-refractivity contribution >= 4 is 5.82 Å². The van der Waals surface area contributed by atoms with Crippen molar-refractivity contribution < 1.29 is 0 Å². The molecule has 1 aromatic heterocycles. The predicted molar refractivity (Wildman–Crippen MR) is 70.3 cm³/mol. The van der Waals surface area contributed by atoms with Gasteiger partial charge >= 0.3 is 0 Å². The van der Waals surface area contributed by atoms with Crippen LogP contribution in [-0.2, 0) is 0 Å². The van der Waals surface area contributed by atoms with E-state index in [1.54, 1.807) is 0 Å². The summed E-state index contributed by atoms with van der Waals surface area (Å²) in [6.45, 7) is 3.79. The lowest BCUT2D eigenvalue weighted by Crippen LogP contribution is -2.47. The Morgan fingerprint density at radius 2 is 1.94 bits per heavy atom. The third kappa shape index (κ3) is 2.29. The standard InChI is InChI=1S/C13H19N5/c1-8-9(2)16-17-13(12(8)7-14)15-10-5-11(6-10)18(3)4/h10-11H,5-6H2,1-4H3,(H,15,17). The lowest BCUT2D eigenvalue weighted by Gasteiger charge is -2.40. The van der Waals surface area contributed by atoms with Crippen molar-refractivity contribution in [3.63, 3.8) is 0 Å². The van der Waals surface area contributed by atoms with Gasteiger partial charge in [0.2, 0.25) is 0 Å². The topological polar surface area (TPSA) is 64.8 Å². The minimum absolute atomic E-state index is 0.404. The fourth-order valence-electron chi connectivity index (χ4n) is 2.17. The van der Waals surface area contributed by atoms with Crippen LogP contribution in [0.4, 0.5) is 5.82 Å². The molecule has 0 atom stereocenters. The Morgan fingerprint density at radius 3 is 2.50 bits per heavy atom. The van der Waals surface area contributed by atoms with Gasteiger partial charge in [-0.2, -0.15) is 10.4 Å². The summed E-state index contributed by atoms with van der Waals surface area (Å²) >= 11 is 0. The van der Waals surface area contributed by atoms with Crippen LogP contribution in [0.25, 0.3) is 0 Å². The number of nitrogens with one attached hydrogen (secondary N) is 1. The van der Waals surface area contributed by atoms with Gasteiger partial charge in [-0.3, -0.25) is 0 Å². The van der Waals surface area contributed by atoms with Crippen LogP contribution >= 0.6 is 0 Å². The maximum atomic E-state index is 9.20. The second kappa shape index (κ2) is 4.91. The maximum absolute atomic E-state index is 9.20. The number of hydrogen-bond acceptors (Lipinski definition) is 5. The third-order valence-electron chi connectivity index (χ3n) is 3.75. The summed E-state index contributed by atoms with van der Waals surface area (Å²) in [5.41, 5.74) is 2.35. The molecule has 1 fully saturated rings. The van der Waals surface area contributed by atoms with Gasteiger partial charge in [0.15, 0.2) is 5.82 Å². The van der Waals surface area contributed by atoms with Crippen LogP contribution in [0.5, 0.6) is 0 Å². The molecule has 18 heavy (non-hydrogen) atoms. The Labute approximate surface area is 108 Å². The van der Waals surface area contributed by atoms with Crippen LogP contribution in [0.15, 0.2) is 0 Å². The van der Waals surface area contributed by atoms with E-state index in [-0.39, 0.29) is 0 Å². The highest BCUT2D eigenvalue weighted by atomic mass is 15.2. The van der Waals surface area contributed by atoms with E-state index < -0.39 is 0 Å². The molecule has 1 heterocycles. The molecular formula is C13H19N5. The van der Waals surface area contributed by atoms with E-state index in [1.165, 1.54) is 0 Å². The van der Waals surface area contributed by atoms with Gasteiger partial charge in [-0.15, -0.1) is 5.10 Å². The summed E-state index contributed by atoms with van der Waals surface area (Å²) in [6.07, 6.45) is 2.18. The van der Waals surface area contributed by atoms with E-state index in [1.807, 2.05) is 13.8 Å². The number of hydrogen-bond donors (Lipinski definition) is 1. The van der Waals surface area contributed by atoms with Crippen LogP contribution in [0.1, 0.15) is 29.7 Å². The highest BCUT2D eigenvalue weighted by Gasteiger charge is 2.31. The Kier molecular flexibility index (Phi) is 3.48. The molecule has 96 valence electrons. The quantitative estimate of drug-likeness (QED) is 0.873. The van der Waals surface area contributed by atoms with Crippen molar-refractivity contribution in [2.45, 2.75) is 38.8 Å². The first-order chi connectivity index (χ1) is 8.52. The normalized spacial score (nSPS) is 22.4. The molecule has 5 heteroatoms. The fourth-order valence-corrected chi connectivity index (χ4v) is 2.17. The second-order valence-corrected chi connectivity index (χ2v) is 5.18. The second-order valence-electron chi connectivity index (χ2n) is 5.18. The Balaban J connectivity index is 2.08. The Bertz CT molecular complexity index is 483. The highest BCUT2D eigenvalue weighted by molar-refractivity contribution is 5.56. The Morgan fingerprint density at radius 1 is 1.28 bits per heavy atom. The molecule has 5 nitrogen and oxygen atoms in total. The minimum Gasteiger partial charge on any atom is -0.365 e. The van der Waals surface area contributed by atoms with Gasteiger partial charge in [-0.05, 0) is 46.3 Å². The van der Waals surface area contributed by atoms with Gasteiger partial charge < -0.3 is 10.2 Å². The van der Waals surface area contributed by atoms with Crippen LogP contribution in [0.3, 0.4) is 0 Å². The molecule has 0 radical (unpaired) electrons. The summed E-state index contributed by atoms with van der Waals surface area (Å²) in [6, 6.07) is 3.25. The van der Waals surface area contributed by atoms with Crippen molar-refractivity contribution in [3.8, 4) is 6.07 Å². The molecule has 0 amide bonds. The first kappa shape index (κ1) is 12.8. The molecule has 0 aromatic carbocycles. The zero-order valence-electron chi connectivity index (χ0n) is 11.4. The molecule has 0 bridgehead atoms. The van der Waals surface area contributed by atoms with Gasteiger partial charge in [0.25, 0.3) is 0 Å². The van der Waals surface area contributed by atoms with Gasteiger partial charge in [-0.1, -0.05) is 0 Å². The summed E-state index contributed by atoms with van der Waals surface area (Å²) in [4.78, 5) is 2.23. The molecule has 0 aliphatic heterocycles. The van der Waals surface area contributed by atoms with Crippen molar-refractivity contribution in [1.82, 2.24) is 15.1 Å². The zero-order valence-corrected chi connectivity index (χ0v) is 11.4. The molecule has 0 saturated heterocycles. The molecule has 1 aliphatic carbocycles. The number of aryl methyl sites for hydroxylation is 1. The molecular weight excluding hydrogens is 226 g/mol. The van der Waals surface area contributed by atoms with Crippen LogP contribution in [-0.4, -0.2) is 41.3 Å². The number of rotatable bonds is 3. The van der Waals surface area contributed by atoms with E-state index >= 15 is 0 Å². The first-order valence-electron chi connectivity index (χ1n) is 6.20. The van der Waals surface area contributed by atoms with E-state index in [4.69, 9.17) is 0 Å². The monoisotopic (exact) mass is 245 g/mol. The van der Waals surface area contributed by atoms with Crippen molar-refractivity contribution in [3.05, 3.63) is 16.8 Å². The molecule has 1 aromatic rings. The average Bonchev–Trinajstić information content (AvgIpc) is 2.27. The fraction of sp³-hybridized carbons (Fsp3) is 0.615. The minimum atomic E-state index is 0.404. The van der Waals surface area contributed by atoms with E-state index in [0.29, 0.717) is 23.5 Å². The van der Waals surface area contributed by atoms with E-state index in [9.17, 15) is 5.26 Å². The lowest BCUT2D eigenvalue weighted by molar-refractivity contribution is 0.177. The molecule has 0 unspecified atom stereocenters. The van der Waals surface area contributed by atoms with Gasteiger partial charge in [-0.25, -0.2) is 0 Å². The molecule has 1 N–H and O–H groups in total. The summed E-state index contributed by atoms with van der Waals surface area (Å²) in [7, 11) is 4.19. The van der Waals surface area contributed by atoms with Gasteiger partial charge in [0, 0.05) is 12.1 Å². The zero-order chi connectivity index (χ0) is 13.3.